The van der Waals surface area contributed by atoms with E-state index in [0.717, 1.165) is 12.1 Å². The number of alkyl halides is 1. The number of ketones is 1. The van der Waals surface area contributed by atoms with E-state index in [2.05, 4.69) is 5.32 Å². The summed E-state index contributed by atoms with van der Waals surface area (Å²) >= 11 is 11.6. The number of Topliss-reactive ketones (excluding diaryl/α,β-unsaturated/α-hetero) is 1. The van der Waals surface area contributed by atoms with Gasteiger partial charge in [0, 0.05) is 16.1 Å². The molecule has 0 saturated carbocycles. The smallest absolute Gasteiger partial charge is 0.252 e. The van der Waals surface area contributed by atoms with E-state index >= 15 is 0 Å². The third-order valence-corrected chi connectivity index (χ3v) is 3.28. The lowest BCUT2D eigenvalue weighted by molar-refractivity contribution is 0.0889. The Morgan fingerprint density at radius 3 is 2.05 bits per heavy atom. The molecule has 0 radical (unpaired) electrons. The Bertz CT molecular complexity index is 656. The summed E-state index contributed by atoms with van der Waals surface area (Å²) in [7, 11) is 0. The molecule has 2 aromatic carbocycles. The van der Waals surface area contributed by atoms with Gasteiger partial charge in [-0.05, 0) is 48.5 Å². The van der Waals surface area contributed by atoms with E-state index in [1.54, 1.807) is 12.1 Å². The standard InChI is InChI=1S/C15H10Cl2FNO2/c16-11-5-1-10(2-6-11)15(21)19-14(17)13(20)9-3-7-12(18)8-4-9/h1-8,14H,(H,19,21). The molecule has 0 aliphatic heterocycles. The second-order valence-corrected chi connectivity index (χ2v) is 5.09. The minimum Gasteiger partial charge on any atom is -0.329 e. The monoisotopic (exact) mass is 325 g/mol. The zero-order valence-corrected chi connectivity index (χ0v) is 12.2. The molecule has 0 saturated heterocycles. The van der Waals surface area contributed by atoms with Crippen LogP contribution in [0.1, 0.15) is 20.7 Å². The van der Waals surface area contributed by atoms with Gasteiger partial charge in [-0.1, -0.05) is 23.2 Å². The Morgan fingerprint density at radius 2 is 1.48 bits per heavy atom. The molecule has 0 spiro atoms. The largest absolute Gasteiger partial charge is 0.329 e. The fourth-order valence-electron chi connectivity index (χ4n) is 1.63. The van der Waals surface area contributed by atoms with Gasteiger partial charge in [-0.2, -0.15) is 0 Å². The van der Waals surface area contributed by atoms with Gasteiger partial charge in [0.2, 0.25) is 0 Å². The maximum absolute atomic E-state index is 12.8. The first-order valence-electron chi connectivity index (χ1n) is 5.97. The second kappa shape index (κ2) is 6.70. The summed E-state index contributed by atoms with van der Waals surface area (Å²) in [6, 6.07) is 11.1. The summed E-state index contributed by atoms with van der Waals surface area (Å²) in [4.78, 5) is 23.9. The molecule has 0 heterocycles. The van der Waals surface area contributed by atoms with Crippen LogP contribution < -0.4 is 5.32 Å². The zero-order chi connectivity index (χ0) is 15.4. The number of hydrogen-bond donors (Lipinski definition) is 1. The Balaban J connectivity index is 2.05. The van der Waals surface area contributed by atoms with E-state index in [0.29, 0.717) is 10.6 Å². The van der Waals surface area contributed by atoms with Crippen molar-refractivity contribution in [2.75, 3.05) is 0 Å². The molecule has 0 fully saturated rings. The third-order valence-electron chi connectivity index (χ3n) is 2.72. The van der Waals surface area contributed by atoms with Crippen LogP contribution >= 0.6 is 23.2 Å². The Hall–Kier alpha value is -1.91. The number of rotatable bonds is 4. The van der Waals surface area contributed by atoms with Crippen molar-refractivity contribution in [3.8, 4) is 0 Å². The van der Waals surface area contributed by atoms with Crippen LogP contribution in [-0.4, -0.2) is 17.2 Å². The molecule has 0 bridgehead atoms. The number of nitrogens with one attached hydrogen (secondary N) is 1. The third kappa shape index (κ3) is 4.03. The van der Waals surface area contributed by atoms with Gasteiger partial charge in [0.1, 0.15) is 5.82 Å². The SMILES string of the molecule is O=C(NC(Cl)C(=O)c1ccc(F)cc1)c1ccc(Cl)cc1. The molecule has 6 heteroatoms. The van der Waals surface area contributed by atoms with Crippen LogP contribution in [0.3, 0.4) is 0 Å². The molecule has 1 N–H and O–H groups in total. The molecule has 2 rings (SSSR count). The van der Waals surface area contributed by atoms with Crippen LogP contribution in [0.15, 0.2) is 48.5 Å². The van der Waals surface area contributed by atoms with Gasteiger partial charge in [0.05, 0.1) is 0 Å². The van der Waals surface area contributed by atoms with Gasteiger partial charge < -0.3 is 5.32 Å². The van der Waals surface area contributed by atoms with Crippen molar-refractivity contribution >= 4 is 34.9 Å². The minimum absolute atomic E-state index is 0.216. The first-order chi connectivity index (χ1) is 9.97. The molecular weight excluding hydrogens is 316 g/mol. The van der Waals surface area contributed by atoms with E-state index in [4.69, 9.17) is 23.2 Å². The first kappa shape index (κ1) is 15.5. The normalized spacial score (nSPS) is 11.8. The van der Waals surface area contributed by atoms with Crippen LogP contribution in [0.25, 0.3) is 0 Å². The number of halogens is 3. The van der Waals surface area contributed by atoms with Crippen molar-refractivity contribution in [1.29, 1.82) is 0 Å². The predicted molar refractivity (Wildman–Crippen MR) is 79.3 cm³/mol. The Labute approximate surface area is 130 Å². The molecule has 1 unspecified atom stereocenters. The molecule has 1 atom stereocenters. The van der Waals surface area contributed by atoms with Crippen molar-refractivity contribution in [2.24, 2.45) is 0 Å². The molecule has 1 amide bonds. The highest BCUT2D eigenvalue weighted by Crippen LogP contribution is 2.12. The predicted octanol–water partition coefficient (Wildman–Crippen LogP) is 3.66. The summed E-state index contributed by atoms with van der Waals surface area (Å²) in [5.74, 6) is -1.47. The van der Waals surface area contributed by atoms with Gasteiger partial charge in [-0.25, -0.2) is 4.39 Å². The average molecular weight is 326 g/mol. The van der Waals surface area contributed by atoms with Gasteiger partial charge in [-0.3, -0.25) is 9.59 Å². The van der Waals surface area contributed by atoms with E-state index in [1.807, 2.05) is 0 Å². The van der Waals surface area contributed by atoms with Crippen molar-refractivity contribution < 1.29 is 14.0 Å². The average Bonchev–Trinajstić information content (AvgIpc) is 2.47. The number of carbonyl (C=O) groups excluding carboxylic acids is 2. The molecule has 3 nitrogen and oxygen atoms in total. The van der Waals surface area contributed by atoms with Crippen LogP contribution in [0, 0.1) is 5.82 Å². The maximum atomic E-state index is 12.8. The van der Waals surface area contributed by atoms with Crippen LogP contribution in [0.4, 0.5) is 4.39 Å². The Kier molecular flexibility index (Phi) is 4.94. The zero-order valence-electron chi connectivity index (χ0n) is 10.6. The molecule has 0 aromatic heterocycles. The molecule has 2 aromatic rings. The summed E-state index contributed by atoms with van der Waals surface area (Å²) in [5.41, 5.74) is -0.691. The lowest BCUT2D eigenvalue weighted by atomic mass is 10.1. The van der Waals surface area contributed by atoms with Crippen LogP contribution in [0.2, 0.25) is 5.02 Å². The number of amides is 1. The van der Waals surface area contributed by atoms with Gasteiger partial charge in [0.25, 0.3) is 5.91 Å². The molecule has 108 valence electrons. The fraction of sp³-hybridized carbons (Fsp3) is 0.0667. The fourth-order valence-corrected chi connectivity index (χ4v) is 1.98. The van der Waals surface area contributed by atoms with Gasteiger partial charge in [-0.15, -0.1) is 0 Å². The summed E-state index contributed by atoms with van der Waals surface area (Å²) in [6.07, 6.45) is 0. The van der Waals surface area contributed by atoms with Crippen molar-refractivity contribution in [3.63, 3.8) is 0 Å². The van der Waals surface area contributed by atoms with Crippen LogP contribution in [-0.2, 0) is 0 Å². The maximum Gasteiger partial charge on any atom is 0.252 e. The number of benzene rings is 2. The second-order valence-electron chi connectivity index (χ2n) is 4.21. The highest BCUT2D eigenvalue weighted by Gasteiger charge is 2.20. The molecular formula is C15H10Cl2FNO2. The quantitative estimate of drug-likeness (QED) is 0.529. The minimum atomic E-state index is -1.24. The van der Waals surface area contributed by atoms with E-state index in [-0.39, 0.29) is 5.56 Å². The molecule has 0 aliphatic carbocycles. The Morgan fingerprint density at radius 1 is 0.952 bits per heavy atom. The van der Waals surface area contributed by atoms with Gasteiger partial charge >= 0.3 is 0 Å². The molecule has 0 aliphatic rings. The first-order valence-corrected chi connectivity index (χ1v) is 6.79. The number of hydrogen-bond acceptors (Lipinski definition) is 2. The number of carbonyl (C=O) groups is 2. The van der Waals surface area contributed by atoms with E-state index < -0.39 is 23.0 Å². The topological polar surface area (TPSA) is 46.2 Å². The summed E-state index contributed by atoms with van der Waals surface area (Å²) in [6.45, 7) is 0. The summed E-state index contributed by atoms with van der Waals surface area (Å²) < 4.78 is 12.8. The van der Waals surface area contributed by atoms with Crippen molar-refractivity contribution in [3.05, 3.63) is 70.5 Å². The molecule has 21 heavy (non-hydrogen) atoms. The van der Waals surface area contributed by atoms with E-state index in [1.165, 1.54) is 24.3 Å². The lowest BCUT2D eigenvalue weighted by Gasteiger charge is -2.11. The van der Waals surface area contributed by atoms with Gasteiger partial charge in [0.15, 0.2) is 11.3 Å². The van der Waals surface area contributed by atoms with E-state index in [9.17, 15) is 14.0 Å². The lowest BCUT2D eigenvalue weighted by Crippen LogP contribution is -2.36. The van der Waals surface area contributed by atoms with Crippen molar-refractivity contribution in [2.45, 2.75) is 5.50 Å². The highest BCUT2D eigenvalue weighted by molar-refractivity contribution is 6.34. The van der Waals surface area contributed by atoms with Crippen molar-refractivity contribution in [1.82, 2.24) is 5.32 Å². The van der Waals surface area contributed by atoms with Crippen LogP contribution in [0.5, 0.6) is 0 Å². The highest BCUT2D eigenvalue weighted by atomic mass is 35.5. The summed E-state index contributed by atoms with van der Waals surface area (Å²) in [5, 5.41) is 2.87.